The SMILES string of the molecule is CC1OC(OC2C(O)C(OC3C=C4CCC5C(CCC6(C)C(c7ccc(=O)oc7)CCC56O)C4(C=O)CC3)OC(C)C2OC2OC(CO)C(O)C(O)C2O)C(O)C(O)C1O. The standard InChI is InChI=1S/C42H60O18/c1-18-28(46)30(48)32(50)37(55-18)60-36-34(52)39(56-19(2)35(36)59-38-33(51)31(49)29(47)26(15-43)58-38)57-22-8-12-41(17-44)21(14-22)5-6-25-24(41)9-11-40(3)23(10-13-42(25,40)53)20-4-7-27(45)54-16-20/h4,7,14,16-19,22-26,28-39,43,46-53H,5-6,8-13,15H2,1-3H3. The van der Waals surface area contributed by atoms with Gasteiger partial charge in [0.1, 0.15) is 67.3 Å². The Labute approximate surface area is 346 Å². The molecule has 18 nitrogen and oxygen atoms in total. The number of hydrogen-bond acceptors (Lipinski definition) is 18. The summed E-state index contributed by atoms with van der Waals surface area (Å²) < 4.78 is 41.2. The predicted molar refractivity (Wildman–Crippen MR) is 202 cm³/mol. The molecule has 3 saturated carbocycles. The monoisotopic (exact) mass is 852 g/mol. The molecule has 0 bridgehead atoms. The fourth-order valence-electron chi connectivity index (χ4n) is 12.0. The van der Waals surface area contributed by atoms with E-state index >= 15 is 0 Å². The van der Waals surface area contributed by atoms with Gasteiger partial charge in [-0.25, -0.2) is 4.79 Å². The number of aldehydes is 1. The highest BCUT2D eigenvalue weighted by molar-refractivity contribution is 5.67. The minimum Gasteiger partial charge on any atom is -0.431 e. The number of allylic oxidation sites excluding steroid dienone is 1. The molecule has 22 atom stereocenters. The molecule has 0 spiro atoms. The summed E-state index contributed by atoms with van der Waals surface area (Å²) in [7, 11) is 0. The van der Waals surface area contributed by atoms with Crippen LogP contribution in [0, 0.1) is 22.7 Å². The fourth-order valence-corrected chi connectivity index (χ4v) is 12.0. The summed E-state index contributed by atoms with van der Waals surface area (Å²) in [5.41, 5.74) is -0.988. The van der Waals surface area contributed by atoms with Gasteiger partial charge < -0.3 is 83.6 Å². The lowest BCUT2D eigenvalue weighted by Gasteiger charge is -2.61. The molecule has 0 radical (unpaired) electrons. The highest BCUT2D eigenvalue weighted by Gasteiger charge is 2.68. The maximum Gasteiger partial charge on any atom is 0.335 e. The summed E-state index contributed by atoms with van der Waals surface area (Å²) in [6.45, 7) is 4.42. The molecule has 336 valence electrons. The van der Waals surface area contributed by atoms with Crippen LogP contribution in [0.2, 0.25) is 0 Å². The summed E-state index contributed by atoms with van der Waals surface area (Å²) in [6.07, 6.45) is -14.1. The Hall–Kier alpha value is -2.24. The Morgan fingerprint density at radius 2 is 1.40 bits per heavy atom. The molecule has 3 saturated heterocycles. The molecular formula is C42H60O18. The number of aliphatic hydroxyl groups is 9. The van der Waals surface area contributed by atoms with E-state index in [0.29, 0.717) is 44.9 Å². The van der Waals surface area contributed by atoms with Crippen molar-refractivity contribution in [3.63, 3.8) is 0 Å². The van der Waals surface area contributed by atoms with Gasteiger partial charge in [-0.1, -0.05) is 18.6 Å². The molecular weight excluding hydrogens is 792 g/mol. The Morgan fingerprint density at radius 1 is 0.733 bits per heavy atom. The molecule has 4 aliphatic carbocycles. The van der Waals surface area contributed by atoms with Gasteiger partial charge in [0.15, 0.2) is 18.9 Å². The van der Waals surface area contributed by atoms with Crippen molar-refractivity contribution in [3.8, 4) is 0 Å². The molecule has 1 aromatic heterocycles. The van der Waals surface area contributed by atoms with Crippen LogP contribution in [0.4, 0.5) is 0 Å². The van der Waals surface area contributed by atoms with Crippen molar-refractivity contribution < 1.29 is 83.6 Å². The largest absolute Gasteiger partial charge is 0.431 e. The first-order valence-corrected chi connectivity index (χ1v) is 21.3. The van der Waals surface area contributed by atoms with E-state index in [9.17, 15) is 55.5 Å². The Balaban J connectivity index is 1.01. The van der Waals surface area contributed by atoms with Crippen LogP contribution in [0.1, 0.15) is 83.6 Å². The molecule has 8 rings (SSSR count). The molecule has 0 amide bonds. The van der Waals surface area contributed by atoms with Crippen molar-refractivity contribution in [1.29, 1.82) is 0 Å². The molecule has 0 aromatic carbocycles. The van der Waals surface area contributed by atoms with Crippen LogP contribution in [0.3, 0.4) is 0 Å². The highest BCUT2D eigenvalue weighted by Crippen LogP contribution is 2.70. The van der Waals surface area contributed by atoms with Gasteiger partial charge in [-0.05, 0) is 94.6 Å². The number of ether oxygens (including phenoxy) is 6. The second-order valence-corrected chi connectivity index (χ2v) is 18.5. The molecule has 4 heterocycles. The molecule has 1 aromatic rings. The highest BCUT2D eigenvalue weighted by atomic mass is 16.8. The van der Waals surface area contributed by atoms with Gasteiger partial charge in [-0.15, -0.1) is 0 Å². The maximum atomic E-state index is 13.3. The number of aliphatic hydroxyl groups excluding tert-OH is 8. The van der Waals surface area contributed by atoms with Gasteiger partial charge in [0, 0.05) is 11.5 Å². The normalized spacial score (nSPS) is 51.8. The average molecular weight is 853 g/mol. The molecule has 18 heteroatoms. The summed E-state index contributed by atoms with van der Waals surface area (Å²) in [5, 5.41) is 97.5. The fraction of sp³-hybridized carbons (Fsp3) is 0.810. The van der Waals surface area contributed by atoms with Crippen molar-refractivity contribution >= 4 is 6.29 Å². The lowest BCUT2D eigenvalue weighted by atomic mass is 9.45. The minimum absolute atomic E-state index is 0.00613. The second-order valence-electron chi connectivity index (χ2n) is 18.5. The first-order chi connectivity index (χ1) is 28.5. The van der Waals surface area contributed by atoms with Crippen LogP contribution in [0.25, 0.3) is 0 Å². The zero-order chi connectivity index (χ0) is 43.1. The quantitative estimate of drug-likeness (QED) is 0.105. The Kier molecular flexibility index (Phi) is 12.4. The van der Waals surface area contributed by atoms with Crippen molar-refractivity contribution in [1.82, 2.24) is 0 Å². The van der Waals surface area contributed by atoms with Crippen molar-refractivity contribution in [2.24, 2.45) is 22.7 Å². The van der Waals surface area contributed by atoms with E-state index in [1.165, 1.54) is 19.3 Å². The summed E-state index contributed by atoms with van der Waals surface area (Å²) >= 11 is 0. The van der Waals surface area contributed by atoms with Gasteiger partial charge >= 0.3 is 5.63 Å². The van der Waals surface area contributed by atoms with Crippen LogP contribution in [-0.2, 0) is 33.2 Å². The molecule has 6 fully saturated rings. The molecule has 22 unspecified atom stereocenters. The van der Waals surface area contributed by atoms with Crippen LogP contribution < -0.4 is 5.63 Å². The topological polar surface area (TPSA) is 285 Å². The van der Waals surface area contributed by atoms with E-state index in [1.807, 2.05) is 6.08 Å². The molecule has 3 aliphatic heterocycles. The second kappa shape index (κ2) is 16.7. The third-order valence-electron chi connectivity index (χ3n) is 15.5. The van der Waals surface area contributed by atoms with Crippen LogP contribution in [0.15, 0.2) is 39.3 Å². The smallest absolute Gasteiger partial charge is 0.335 e. The number of carbonyl (C=O) groups excluding carboxylic acids is 1. The van der Waals surface area contributed by atoms with E-state index in [2.05, 4.69) is 6.92 Å². The van der Waals surface area contributed by atoms with Gasteiger partial charge in [0.2, 0.25) is 0 Å². The first-order valence-electron chi connectivity index (χ1n) is 21.3. The van der Waals surface area contributed by atoms with E-state index in [-0.39, 0.29) is 17.8 Å². The molecule has 7 aliphatic rings. The summed E-state index contributed by atoms with van der Waals surface area (Å²) in [4.78, 5) is 25.1. The molecule has 9 N–H and O–H groups in total. The third kappa shape index (κ3) is 7.17. The number of carbonyl (C=O) groups is 1. The van der Waals surface area contributed by atoms with Crippen LogP contribution >= 0.6 is 0 Å². The van der Waals surface area contributed by atoms with E-state index < -0.39 is 127 Å². The maximum absolute atomic E-state index is 13.3. The third-order valence-corrected chi connectivity index (χ3v) is 15.5. The van der Waals surface area contributed by atoms with Gasteiger partial charge in [-0.3, -0.25) is 0 Å². The first kappa shape index (κ1) is 44.4. The average Bonchev–Trinajstić information content (AvgIpc) is 3.52. The van der Waals surface area contributed by atoms with E-state index in [4.69, 9.17) is 32.8 Å². The number of fused-ring (bicyclic) bond motifs is 5. The van der Waals surface area contributed by atoms with Crippen LogP contribution in [-0.4, -0.2) is 163 Å². The minimum atomic E-state index is -1.81. The van der Waals surface area contributed by atoms with E-state index in [1.54, 1.807) is 13.0 Å². The lowest BCUT2D eigenvalue weighted by molar-refractivity contribution is -0.384. The molecule has 60 heavy (non-hydrogen) atoms. The predicted octanol–water partition coefficient (Wildman–Crippen LogP) is -1.13. The van der Waals surface area contributed by atoms with Gasteiger partial charge in [0.05, 0.1) is 42.2 Å². The van der Waals surface area contributed by atoms with Crippen molar-refractivity contribution in [2.45, 2.75) is 182 Å². The lowest BCUT2D eigenvalue weighted by Crippen LogP contribution is -2.66. The Morgan fingerprint density at radius 3 is 2.08 bits per heavy atom. The van der Waals surface area contributed by atoms with Gasteiger partial charge in [-0.2, -0.15) is 0 Å². The van der Waals surface area contributed by atoms with Crippen molar-refractivity contribution in [3.05, 3.63) is 46.0 Å². The number of rotatable bonds is 9. The Bertz CT molecular complexity index is 1770. The zero-order valence-electron chi connectivity index (χ0n) is 33.9. The van der Waals surface area contributed by atoms with Crippen molar-refractivity contribution in [2.75, 3.05) is 6.61 Å². The summed E-state index contributed by atoms with van der Waals surface area (Å²) in [5.74, 6) is -0.262. The number of hydrogen-bond donors (Lipinski definition) is 9. The van der Waals surface area contributed by atoms with Gasteiger partial charge in [0.25, 0.3) is 0 Å². The van der Waals surface area contributed by atoms with Crippen LogP contribution in [0.5, 0.6) is 0 Å². The van der Waals surface area contributed by atoms with E-state index in [0.717, 1.165) is 23.8 Å². The zero-order valence-corrected chi connectivity index (χ0v) is 33.9. The summed E-state index contributed by atoms with van der Waals surface area (Å²) in [6, 6.07) is 3.20.